The number of carbonyl (C=O) groups excluding carboxylic acids is 1. The number of benzene rings is 2. The van der Waals surface area contributed by atoms with E-state index in [1.807, 2.05) is 19.1 Å². The lowest BCUT2D eigenvalue weighted by Crippen LogP contribution is -2.27. The van der Waals surface area contributed by atoms with Gasteiger partial charge in [0.2, 0.25) is 0 Å². The van der Waals surface area contributed by atoms with Crippen LogP contribution >= 0.6 is 11.6 Å². The van der Waals surface area contributed by atoms with Crippen LogP contribution in [-0.4, -0.2) is 11.7 Å². The molecule has 1 amide bonds. The average molecular weight is 336 g/mol. The summed E-state index contributed by atoms with van der Waals surface area (Å²) >= 11 is 5.84. The molecular formula is C18H19ClFNO2. The lowest BCUT2D eigenvalue weighted by Gasteiger charge is -2.20. The molecule has 23 heavy (non-hydrogen) atoms. The van der Waals surface area contributed by atoms with E-state index in [0.717, 1.165) is 16.7 Å². The van der Waals surface area contributed by atoms with E-state index in [0.29, 0.717) is 5.69 Å². The van der Waals surface area contributed by atoms with Gasteiger partial charge < -0.3 is 4.74 Å². The summed E-state index contributed by atoms with van der Waals surface area (Å²) in [5.41, 5.74) is 2.59. The van der Waals surface area contributed by atoms with Crippen molar-refractivity contribution in [1.82, 2.24) is 0 Å². The molecule has 1 N–H and O–H groups in total. The van der Waals surface area contributed by atoms with Crippen LogP contribution in [0, 0.1) is 12.7 Å². The number of ether oxygens (including phenoxy) is 1. The maximum absolute atomic E-state index is 13.3. The fourth-order valence-corrected chi connectivity index (χ4v) is 2.30. The Morgan fingerprint density at radius 3 is 2.43 bits per heavy atom. The van der Waals surface area contributed by atoms with E-state index < -0.39 is 17.5 Å². The Hall–Kier alpha value is -2.07. The first-order valence-corrected chi connectivity index (χ1v) is 7.59. The molecule has 0 radical (unpaired) electrons. The zero-order chi connectivity index (χ0) is 17.2. The number of amides is 1. The van der Waals surface area contributed by atoms with Crippen molar-refractivity contribution in [2.24, 2.45) is 0 Å². The number of hydrogen-bond acceptors (Lipinski definition) is 2. The number of carbonyl (C=O) groups is 1. The summed E-state index contributed by atoms with van der Waals surface area (Å²) in [5.74, 6) is -0.463. The normalized spacial score (nSPS) is 11.2. The molecule has 0 heterocycles. The van der Waals surface area contributed by atoms with Crippen LogP contribution in [0.4, 0.5) is 14.9 Å². The second-order valence-corrected chi connectivity index (χ2v) is 6.75. The summed E-state index contributed by atoms with van der Waals surface area (Å²) in [6.45, 7) is 7.31. The molecule has 122 valence electrons. The molecule has 0 unspecified atom stereocenters. The SMILES string of the molecule is Cc1cc(NC(=O)OC(C)(C)C)cc(-c2ccc(F)c(Cl)c2)c1. The van der Waals surface area contributed by atoms with Crippen molar-refractivity contribution in [3.63, 3.8) is 0 Å². The molecular weight excluding hydrogens is 317 g/mol. The molecule has 0 saturated heterocycles. The summed E-state index contributed by atoms with van der Waals surface area (Å²) in [6, 6.07) is 10.1. The van der Waals surface area contributed by atoms with Crippen molar-refractivity contribution in [2.75, 3.05) is 5.32 Å². The van der Waals surface area contributed by atoms with Gasteiger partial charge in [0.25, 0.3) is 0 Å². The summed E-state index contributed by atoms with van der Waals surface area (Å²) in [7, 11) is 0. The molecule has 2 aromatic carbocycles. The quantitative estimate of drug-likeness (QED) is 0.753. The van der Waals surface area contributed by atoms with E-state index >= 15 is 0 Å². The van der Waals surface area contributed by atoms with Gasteiger partial charge in [0.1, 0.15) is 11.4 Å². The highest BCUT2D eigenvalue weighted by atomic mass is 35.5. The summed E-state index contributed by atoms with van der Waals surface area (Å²) in [5, 5.41) is 2.77. The topological polar surface area (TPSA) is 38.3 Å². The molecule has 0 atom stereocenters. The van der Waals surface area contributed by atoms with Crippen molar-refractivity contribution in [1.29, 1.82) is 0 Å². The Morgan fingerprint density at radius 1 is 1.13 bits per heavy atom. The van der Waals surface area contributed by atoms with Crippen LogP contribution in [0.1, 0.15) is 26.3 Å². The van der Waals surface area contributed by atoms with Gasteiger partial charge in [0.15, 0.2) is 0 Å². The molecule has 0 aliphatic rings. The minimum Gasteiger partial charge on any atom is -0.444 e. The second-order valence-electron chi connectivity index (χ2n) is 6.34. The van der Waals surface area contributed by atoms with Gasteiger partial charge in [-0.05, 0) is 68.7 Å². The monoisotopic (exact) mass is 335 g/mol. The first-order valence-electron chi connectivity index (χ1n) is 7.21. The first kappa shape index (κ1) is 17.3. The molecule has 0 aromatic heterocycles. The van der Waals surface area contributed by atoms with Gasteiger partial charge in [0.05, 0.1) is 5.02 Å². The second kappa shape index (κ2) is 6.59. The van der Waals surface area contributed by atoms with Crippen molar-refractivity contribution in [3.8, 4) is 11.1 Å². The van der Waals surface area contributed by atoms with Gasteiger partial charge in [-0.3, -0.25) is 5.32 Å². The molecule has 0 fully saturated rings. The zero-order valence-electron chi connectivity index (χ0n) is 13.5. The van der Waals surface area contributed by atoms with Crippen LogP contribution in [0.5, 0.6) is 0 Å². The minimum absolute atomic E-state index is 0.0608. The Balaban J connectivity index is 2.28. The highest BCUT2D eigenvalue weighted by Crippen LogP contribution is 2.28. The molecule has 0 bridgehead atoms. The van der Waals surface area contributed by atoms with Gasteiger partial charge >= 0.3 is 6.09 Å². The fourth-order valence-electron chi connectivity index (χ4n) is 2.12. The smallest absolute Gasteiger partial charge is 0.412 e. The Morgan fingerprint density at radius 2 is 1.83 bits per heavy atom. The largest absolute Gasteiger partial charge is 0.444 e. The van der Waals surface area contributed by atoms with Crippen LogP contribution in [0.25, 0.3) is 11.1 Å². The van der Waals surface area contributed by atoms with Gasteiger partial charge in [0, 0.05) is 5.69 Å². The van der Waals surface area contributed by atoms with E-state index in [1.165, 1.54) is 6.07 Å². The zero-order valence-corrected chi connectivity index (χ0v) is 14.3. The van der Waals surface area contributed by atoms with Crippen LogP contribution in [0.2, 0.25) is 5.02 Å². The summed E-state index contributed by atoms with van der Waals surface area (Å²) in [4.78, 5) is 11.9. The Kier molecular flexibility index (Phi) is 4.95. The minimum atomic E-state index is -0.568. The van der Waals surface area contributed by atoms with Gasteiger partial charge in [-0.1, -0.05) is 23.7 Å². The number of anilines is 1. The Labute approximate surface area is 140 Å². The number of hydrogen-bond donors (Lipinski definition) is 1. The number of rotatable bonds is 2. The summed E-state index contributed by atoms with van der Waals surface area (Å²) in [6.07, 6.45) is -0.522. The van der Waals surface area contributed by atoms with E-state index in [9.17, 15) is 9.18 Å². The molecule has 2 aromatic rings. The van der Waals surface area contributed by atoms with E-state index in [-0.39, 0.29) is 5.02 Å². The molecule has 5 heteroatoms. The van der Waals surface area contributed by atoms with Crippen LogP contribution in [0.15, 0.2) is 36.4 Å². The van der Waals surface area contributed by atoms with Crippen molar-refractivity contribution < 1.29 is 13.9 Å². The molecule has 2 rings (SSSR count). The van der Waals surface area contributed by atoms with Crippen LogP contribution in [0.3, 0.4) is 0 Å². The van der Waals surface area contributed by atoms with Gasteiger partial charge in [-0.2, -0.15) is 0 Å². The number of halogens is 2. The third-order valence-electron chi connectivity index (χ3n) is 2.98. The van der Waals surface area contributed by atoms with Crippen LogP contribution in [-0.2, 0) is 4.74 Å². The average Bonchev–Trinajstić information content (AvgIpc) is 2.38. The van der Waals surface area contributed by atoms with Gasteiger partial charge in [-0.25, -0.2) is 9.18 Å². The Bertz CT molecular complexity index is 738. The fraction of sp³-hybridized carbons (Fsp3) is 0.278. The van der Waals surface area contributed by atoms with E-state index in [2.05, 4.69) is 5.32 Å². The maximum atomic E-state index is 13.3. The summed E-state index contributed by atoms with van der Waals surface area (Å²) < 4.78 is 18.5. The molecule has 0 saturated carbocycles. The third-order valence-corrected chi connectivity index (χ3v) is 3.27. The number of nitrogens with one attached hydrogen (secondary N) is 1. The van der Waals surface area contributed by atoms with Crippen molar-refractivity contribution in [3.05, 3.63) is 52.8 Å². The van der Waals surface area contributed by atoms with E-state index in [4.69, 9.17) is 16.3 Å². The predicted molar refractivity (Wildman–Crippen MR) is 91.4 cm³/mol. The number of aryl methyl sites for hydroxylation is 1. The highest BCUT2D eigenvalue weighted by molar-refractivity contribution is 6.31. The van der Waals surface area contributed by atoms with Gasteiger partial charge in [-0.15, -0.1) is 0 Å². The lowest BCUT2D eigenvalue weighted by molar-refractivity contribution is 0.0636. The van der Waals surface area contributed by atoms with Crippen molar-refractivity contribution >= 4 is 23.4 Å². The molecule has 3 nitrogen and oxygen atoms in total. The van der Waals surface area contributed by atoms with Crippen LogP contribution < -0.4 is 5.32 Å². The lowest BCUT2D eigenvalue weighted by atomic mass is 10.0. The molecule has 0 aliphatic carbocycles. The molecule has 0 spiro atoms. The standard InChI is InChI=1S/C18H19ClFNO2/c1-11-7-13(12-5-6-16(20)15(19)10-12)9-14(8-11)21-17(22)23-18(2,3)4/h5-10H,1-4H3,(H,21,22). The maximum Gasteiger partial charge on any atom is 0.412 e. The third kappa shape index (κ3) is 4.96. The van der Waals surface area contributed by atoms with E-state index in [1.54, 1.807) is 39.0 Å². The highest BCUT2D eigenvalue weighted by Gasteiger charge is 2.16. The first-order chi connectivity index (χ1) is 10.6. The van der Waals surface area contributed by atoms with Crippen molar-refractivity contribution in [2.45, 2.75) is 33.3 Å². The molecule has 0 aliphatic heterocycles. The predicted octanol–water partition coefficient (Wildman–Crippen LogP) is 5.80.